The predicted octanol–water partition coefficient (Wildman–Crippen LogP) is 3.62. The third-order valence-corrected chi connectivity index (χ3v) is 3.27. The van der Waals surface area contributed by atoms with Crippen LogP contribution in [-0.4, -0.2) is 11.5 Å². The lowest BCUT2D eigenvalue weighted by Crippen LogP contribution is -2.18. The van der Waals surface area contributed by atoms with Crippen molar-refractivity contribution in [3.05, 3.63) is 47.2 Å². The fraction of sp³-hybridized carbons (Fsp3) is 0.471. The lowest BCUT2D eigenvalue weighted by molar-refractivity contribution is 0.299. The number of furan rings is 1. The summed E-state index contributed by atoms with van der Waals surface area (Å²) in [5, 5.41) is 3.38. The van der Waals surface area contributed by atoms with Crippen LogP contribution in [0.15, 0.2) is 28.8 Å². The van der Waals surface area contributed by atoms with Gasteiger partial charge in [0, 0.05) is 11.8 Å². The van der Waals surface area contributed by atoms with E-state index in [0.717, 1.165) is 41.6 Å². The molecule has 0 amide bonds. The van der Waals surface area contributed by atoms with Gasteiger partial charge in [-0.15, -0.1) is 0 Å². The molecule has 4 nitrogen and oxygen atoms in total. The zero-order valence-corrected chi connectivity index (χ0v) is 13.3. The number of hydrogen-bond acceptors (Lipinski definition) is 4. The maximum Gasteiger partial charge on any atom is 0.141 e. The average molecular weight is 288 g/mol. The van der Waals surface area contributed by atoms with Crippen LogP contribution in [0.5, 0.6) is 5.75 Å². The number of aromatic nitrogens is 1. The molecule has 0 unspecified atom stereocenters. The number of aryl methyl sites for hydroxylation is 2. The van der Waals surface area contributed by atoms with Crippen LogP contribution in [0.1, 0.15) is 36.6 Å². The Balaban J connectivity index is 1.92. The van der Waals surface area contributed by atoms with Crippen molar-refractivity contribution in [3.63, 3.8) is 0 Å². The summed E-state index contributed by atoms with van der Waals surface area (Å²) in [5.41, 5.74) is 1.98. The first kappa shape index (κ1) is 15.6. The number of pyridine rings is 1. The molecule has 2 heterocycles. The van der Waals surface area contributed by atoms with Gasteiger partial charge in [-0.05, 0) is 44.5 Å². The van der Waals surface area contributed by atoms with Gasteiger partial charge in [-0.3, -0.25) is 4.98 Å². The number of nitrogens with zero attached hydrogens (tertiary/aromatic N) is 1. The third kappa shape index (κ3) is 4.60. The average Bonchev–Trinajstić information content (AvgIpc) is 2.78. The molecule has 0 saturated carbocycles. The Kier molecular flexibility index (Phi) is 5.39. The van der Waals surface area contributed by atoms with Crippen LogP contribution in [0.4, 0.5) is 0 Å². The molecule has 0 bridgehead atoms. The van der Waals surface area contributed by atoms with Crippen LogP contribution in [0.2, 0.25) is 0 Å². The van der Waals surface area contributed by atoms with Gasteiger partial charge in [-0.1, -0.05) is 13.8 Å². The SMILES string of the molecule is Cc1ncccc1OCc1cc(CNCC(C)C)oc1C. The summed E-state index contributed by atoms with van der Waals surface area (Å²) >= 11 is 0. The lowest BCUT2D eigenvalue weighted by Gasteiger charge is -2.06. The highest BCUT2D eigenvalue weighted by Crippen LogP contribution is 2.19. The van der Waals surface area contributed by atoms with Crippen molar-refractivity contribution in [1.29, 1.82) is 0 Å². The van der Waals surface area contributed by atoms with Gasteiger partial charge in [0.25, 0.3) is 0 Å². The topological polar surface area (TPSA) is 47.3 Å². The van der Waals surface area contributed by atoms with Gasteiger partial charge in [-0.2, -0.15) is 0 Å². The van der Waals surface area contributed by atoms with Crippen LogP contribution in [0.25, 0.3) is 0 Å². The standard InChI is InChI=1S/C17H24N2O2/c1-12(2)9-18-10-16-8-15(14(4)21-16)11-20-17-6-5-7-19-13(17)3/h5-8,12,18H,9-11H2,1-4H3. The Hall–Kier alpha value is -1.81. The molecule has 0 aliphatic carbocycles. The summed E-state index contributed by atoms with van der Waals surface area (Å²) in [5.74, 6) is 3.32. The predicted molar refractivity (Wildman–Crippen MR) is 83.3 cm³/mol. The second-order valence-corrected chi connectivity index (χ2v) is 5.69. The van der Waals surface area contributed by atoms with Crippen molar-refractivity contribution in [2.45, 2.75) is 40.8 Å². The first-order valence-electron chi connectivity index (χ1n) is 7.39. The van der Waals surface area contributed by atoms with Crippen molar-refractivity contribution >= 4 is 0 Å². The molecule has 0 aliphatic rings. The number of rotatable bonds is 7. The van der Waals surface area contributed by atoms with Gasteiger partial charge < -0.3 is 14.5 Å². The number of hydrogen-bond donors (Lipinski definition) is 1. The fourth-order valence-corrected chi connectivity index (χ4v) is 2.08. The van der Waals surface area contributed by atoms with Crippen LogP contribution < -0.4 is 10.1 Å². The van der Waals surface area contributed by atoms with Crippen LogP contribution in [0.3, 0.4) is 0 Å². The van der Waals surface area contributed by atoms with Crippen LogP contribution >= 0.6 is 0 Å². The maximum atomic E-state index is 5.82. The number of nitrogens with one attached hydrogen (secondary N) is 1. The molecular formula is C17H24N2O2. The molecule has 0 spiro atoms. The molecule has 0 atom stereocenters. The first-order chi connectivity index (χ1) is 10.1. The summed E-state index contributed by atoms with van der Waals surface area (Å²) in [4.78, 5) is 4.22. The Morgan fingerprint density at radius 3 is 2.86 bits per heavy atom. The second-order valence-electron chi connectivity index (χ2n) is 5.69. The van der Waals surface area contributed by atoms with Gasteiger partial charge in [0.1, 0.15) is 23.9 Å². The van der Waals surface area contributed by atoms with E-state index in [-0.39, 0.29) is 0 Å². The molecule has 0 aliphatic heterocycles. The fourth-order valence-electron chi connectivity index (χ4n) is 2.08. The number of ether oxygens (including phenoxy) is 1. The highest BCUT2D eigenvalue weighted by atomic mass is 16.5. The van der Waals surface area contributed by atoms with Crippen molar-refractivity contribution in [1.82, 2.24) is 10.3 Å². The van der Waals surface area contributed by atoms with Gasteiger partial charge in [0.15, 0.2) is 0 Å². The monoisotopic (exact) mass is 288 g/mol. The van der Waals surface area contributed by atoms with E-state index in [2.05, 4.69) is 30.2 Å². The zero-order valence-electron chi connectivity index (χ0n) is 13.3. The normalized spacial score (nSPS) is 11.1. The highest BCUT2D eigenvalue weighted by Gasteiger charge is 2.09. The Morgan fingerprint density at radius 2 is 2.14 bits per heavy atom. The summed E-state index contributed by atoms with van der Waals surface area (Å²) in [6.07, 6.45) is 1.77. The summed E-state index contributed by atoms with van der Waals surface area (Å²) in [6.45, 7) is 10.5. The van der Waals surface area contributed by atoms with E-state index in [4.69, 9.17) is 9.15 Å². The second kappa shape index (κ2) is 7.27. The smallest absolute Gasteiger partial charge is 0.141 e. The van der Waals surface area contributed by atoms with E-state index in [1.54, 1.807) is 6.20 Å². The molecular weight excluding hydrogens is 264 g/mol. The highest BCUT2D eigenvalue weighted by molar-refractivity contribution is 5.27. The molecule has 0 radical (unpaired) electrons. The van der Waals surface area contributed by atoms with E-state index in [9.17, 15) is 0 Å². The molecule has 0 saturated heterocycles. The van der Waals surface area contributed by atoms with Crippen LogP contribution in [-0.2, 0) is 13.2 Å². The van der Waals surface area contributed by atoms with E-state index in [1.165, 1.54) is 0 Å². The lowest BCUT2D eigenvalue weighted by atomic mass is 10.2. The minimum Gasteiger partial charge on any atom is -0.487 e. The van der Waals surface area contributed by atoms with Gasteiger partial charge >= 0.3 is 0 Å². The van der Waals surface area contributed by atoms with Gasteiger partial charge in [0.05, 0.1) is 12.2 Å². The quantitative estimate of drug-likeness (QED) is 0.845. The Bertz CT molecular complexity index is 576. The van der Waals surface area contributed by atoms with Gasteiger partial charge in [-0.25, -0.2) is 0 Å². The molecule has 2 aromatic rings. The van der Waals surface area contributed by atoms with Crippen molar-refractivity contribution < 1.29 is 9.15 Å². The summed E-state index contributed by atoms with van der Waals surface area (Å²) in [6, 6.07) is 5.88. The maximum absolute atomic E-state index is 5.82. The minimum absolute atomic E-state index is 0.506. The minimum atomic E-state index is 0.506. The summed E-state index contributed by atoms with van der Waals surface area (Å²) in [7, 11) is 0. The molecule has 2 rings (SSSR count). The Morgan fingerprint density at radius 1 is 1.33 bits per heavy atom. The largest absolute Gasteiger partial charge is 0.487 e. The van der Waals surface area contributed by atoms with E-state index < -0.39 is 0 Å². The van der Waals surface area contributed by atoms with Crippen molar-refractivity contribution in [2.24, 2.45) is 5.92 Å². The Labute approximate surface area is 126 Å². The van der Waals surface area contributed by atoms with Gasteiger partial charge in [0.2, 0.25) is 0 Å². The molecule has 4 heteroatoms. The summed E-state index contributed by atoms with van der Waals surface area (Å²) < 4.78 is 11.6. The van der Waals surface area contributed by atoms with E-state index in [1.807, 2.05) is 26.0 Å². The molecule has 2 aromatic heterocycles. The van der Waals surface area contributed by atoms with E-state index >= 15 is 0 Å². The molecule has 21 heavy (non-hydrogen) atoms. The first-order valence-corrected chi connectivity index (χ1v) is 7.39. The van der Waals surface area contributed by atoms with Crippen molar-refractivity contribution in [3.8, 4) is 5.75 Å². The zero-order chi connectivity index (χ0) is 15.2. The van der Waals surface area contributed by atoms with E-state index in [0.29, 0.717) is 12.5 Å². The molecule has 0 fully saturated rings. The molecule has 0 aromatic carbocycles. The van der Waals surface area contributed by atoms with Crippen molar-refractivity contribution in [2.75, 3.05) is 6.54 Å². The molecule has 1 N–H and O–H groups in total. The molecule has 114 valence electrons. The third-order valence-electron chi connectivity index (χ3n) is 3.27. The van der Waals surface area contributed by atoms with Crippen LogP contribution in [0, 0.1) is 19.8 Å².